The topological polar surface area (TPSA) is 90.7 Å². The first kappa shape index (κ1) is 16.1. The molecule has 8 heteroatoms. The number of fused-ring (bicyclic) bond motifs is 1. The molecule has 0 spiro atoms. The maximum Gasteiger partial charge on any atom is 0.273 e. The number of carbonyl (C=O) groups excluding carboxylic acids is 1. The summed E-state index contributed by atoms with van der Waals surface area (Å²) in [6.07, 6.45) is -0.137. The summed E-state index contributed by atoms with van der Waals surface area (Å²) in [6.45, 7) is 0.852. The Bertz CT molecular complexity index is 809. The summed E-state index contributed by atoms with van der Waals surface area (Å²) in [5, 5.41) is 13.9. The number of hydrogen-bond acceptors (Lipinski definition) is 5. The summed E-state index contributed by atoms with van der Waals surface area (Å²) < 4.78 is 10.9. The van der Waals surface area contributed by atoms with Gasteiger partial charge in [0, 0.05) is 23.8 Å². The van der Waals surface area contributed by atoms with Gasteiger partial charge in [0.1, 0.15) is 13.2 Å². The SMILES string of the molecule is O=C(Cc1ccccc1[N+](=O)[O-])Nc1cc2c(cc1Cl)OCCO2. The highest BCUT2D eigenvalue weighted by Gasteiger charge is 2.19. The van der Waals surface area contributed by atoms with Gasteiger partial charge in [-0.25, -0.2) is 0 Å². The van der Waals surface area contributed by atoms with E-state index in [4.69, 9.17) is 21.1 Å². The van der Waals surface area contributed by atoms with Crippen molar-refractivity contribution in [3.8, 4) is 11.5 Å². The first-order valence-electron chi connectivity index (χ1n) is 7.16. The summed E-state index contributed by atoms with van der Waals surface area (Å²) in [4.78, 5) is 22.7. The Kier molecular flexibility index (Phi) is 4.52. The van der Waals surface area contributed by atoms with Crippen LogP contribution in [0.3, 0.4) is 0 Å². The molecule has 0 unspecified atom stereocenters. The quantitative estimate of drug-likeness (QED) is 0.676. The fourth-order valence-electron chi connectivity index (χ4n) is 2.37. The molecule has 0 atom stereocenters. The second kappa shape index (κ2) is 6.76. The zero-order chi connectivity index (χ0) is 17.1. The Balaban J connectivity index is 1.77. The molecule has 7 nitrogen and oxygen atoms in total. The molecule has 2 aromatic rings. The molecule has 0 aromatic heterocycles. The Morgan fingerprint density at radius 3 is 2.58 bits per heavy atom. The van der Waals surface area contributed by atoms with E-state index in [0.29, 0.717) is 41.0 Å². The van der Waals surface area contributed by atoms with E-state index in [-0.39, 0.29) is 12.1 Å². The van der Waals surface area contributed by atoms with Crippen LogP contribution in [0.15, 0.2) is 36.4 Å². The van der Waals surface area contributed by atoms with Crippen molar-refractivity contribution in [1.29, 1.82) is 0 Å². The van der Waals surface area contributed by atoms with Crippen LogP contribution >= 0.6 is 11.6 Å². The van der Waals surface area contributed by atoms with Gasteiger partial charge in [0.15, 0.2) is 11.5 Å². The van der Waals surface area contributed by atoms with Crippen LogP contribution in [-0.4, -0.2) is 24.0 Å². The number of anilines is 1. The summed E-state index contributed by atoms with van der Waals surface area (Å²) in [6, 6.07) is 9.25. The molecule has 0 aliphatic carbocycles. The number of hydrogen-bond donors (Lipinski definition) is 1. The number of para-hydroxylation sites is 1. The van der Waals surface area contributed by atoms with E-state index in [1.165, 1.54) is 6.07 Å². The molecule has 1 aliphatic heterocycles. The van der Waals surface area contributed by atoms with Crippen LogP contribution in [0, 0.1) is 10.1 Å². The van der Waals surface area contributed by atoms with Gasteiger partial charge in [0.05, 0.1) is 22.1 Å². The number of amides is 1. The minimum absolute atomic E-state index is 0.0964. The molecule has 1 aliphatic rings. The Morgan fingerprint density at radius 2 is 1.88 bits per heavy atom. The number of nitro benzene ring substituents is 1. The zero-order valence-electron chi connectivity index (χ0n) is 12.5. The van der Waals surface area contributed by atoms with Gasteiger partial charge >= 0.3 is 0 Å². The first-order chi connectivity index (χ1) is 11.5. The lowest BCUT2D eigenvalue weighted by atomic mass is 10.1. The minimum Gasteiger partial charge on any atom is -0.486 e. The molecular formula is C16H13ClN2O5. The highest BCUT2D eigenvalue weighted by molar-refractivity contribution is 6.34. The molecule has 1 heterocycles. The zero-order valence-corrected chi connectivity index (χ0v) is 13.2. The van der Waals surface area contributed by atoms with Gasteiger partial charge in [-0.2, -0.15) is 0 Å². The van der Waals surface area contributed by atoms with E-state index < -0.39 is 10.8 Å². The van der Waals surface area contributed by atoms with E-state index >= 15 is 0 Å². The van der Waals surface area contributed by atoms with Crippen LogP contribution in [-0.2, 0) is 11.2 Å². The predicted octanol–water partition coefficient (Wildman–Crippen LogP) is 3.20. The molecule has 0 bridgehead atoms. The van der Waals surface area contributed by atoms with Crippen molar-refractivity contribution in [2.75, 3.05) is 18.5 Å². The molecule has 24 heavy (non-hydrogen) atoms. The third kappa shape index (κ3) is 3.41. The Labute approximate surface area is 142 Å². The summed E-state index contributed by atoms with van der Waals surface area (Å²) in [5.74, 6) is 0.595. The van der Waals surface area contributed by atoms with Gasteiger partial charge in [-0.15, -0.1) is 0 Å². The number of halogens is 1. The molecule has 0 saturated heterocycles. The van der Waals surface area contributed by atoms with Crippen molar-refractivity contribution in [3.63, 3.8) is 0 Å². The van der Waals surface area contributed by atoms with Gasteiger partial charge in [0.25, 0.3) is 5.69 Å². The third-order valence-electron chi connectivity index (χ3n) is 3.45. The monoisotopic (exact) mass is 348 g/mol. The van der Waals surface area contributed by atoms with E-state index in [0.717, 1.165) is 0 Å². The molecule has 1 amide bonds. The minimum atomic E-state index is -0.514. The number of benzene rings is 2. The normalized spacial score (nSPS) is 12.5. The van der Waals surface area contributed by atoms with Crippen molar-refractivity contribution in [1.82, 2.24) is 0 Å². The lowest BCUT2D eigenvalue weighted by Gasteiger charge is -2.20. The van der Waals surface area contributed by atoms with Crippen LogP contribution in [0.1, 0.15) is 5.56 Å². The Hall–Kier alpha value is -2.80. The molecule has 0 radical (unpaired) electrons. The summed E-state index contributed by atoms with van der Waals surface area (Å²) in [7, 11) is 0. The summed E-state index contributed by atoms with van der Waals surface area (Å²) >= 11 is 6.13. The van der Waals surface area contributed by atoms with Crippen LogP contribution < -0.4 is 14.8 Å². The standard InChI is InChI=1S/C16H13ClN2O5/c17-11-8-14-15(24-6-5-23-14)9-12(11)18-16(20)7-10-3-1-2-4-13(10)19(21)22/h1-4,8-9H,5-7H2,(H,18,20). The van der Waals surface area contributed by atoms with E-state index in [9.17, 15) is 14.9 Å². The van der Waals surface area contributed by atoms with Gasteiger partial charge in [-0.3, -0.25) is 14.9 Å². The van der Waals surface area contributed by atoms with Gasteiger partial charge in [0.2, 0.25) is 5.91 Å². The van der Waals surface area contributed by atoms with Crippen LogP contribution in [0.2, 0.25) is 5.02 Å². The van der Waals surface area contributed by atoms with Crippen LogP contribution in [0.25, 0.3) is 0 Å². The predicted molar refractivity (Wildman–Crippen MR) is 87.9 cm³/mol. The van der Waals surface area contributed by atoms with Crippen molar-refractivity contribution >= 4 is 28.9 Å². The second-order valence-electron chi connectivity index (χ2n) is 5.09. The molecule has 3 rings (SSSR count). The van der Waals surface area contributed by atoms with E-state index in [2.05, 4.69) is 5.32 Å². The lowest BCUT2D eigenvalue weighted by Crippen LogP contribution is -2.18. The van der Waals surface area contributed by atoms with Gasteiger partial charge in [-0.05, 0) is 0 Å². The molecule has 0 saturated carbocycles. The van der Waals surface area contributed by atoms with Gasteiger partial charge in [-0.1, -0.05) is 29.8 Å². The lowest BCUT2D eigenvalue weighted by molar-refractivity contribution is -0.385. The van der Waals surface area contributed by atoms with Gasteiger partial charge < -0.3 is 14.8 Å². The van der Waals surface area contributed by atoms with Crippen molar-refractivity contribution in [2.24, 2.45) is 0 Å². The molecule has 124 valence electrons. The highest BCUT2D eigenvalue weighted by atomic mass is 35.5. The van der Waals surface area contributed by atoms with Crippen molar-refractivity contribution < 1.29 is 19.2 Å². The third-order valence-corrected chi connectivity index (χ3v) is 3.76. The van der Waals surface area contributed by atoms with E-state index in [1.54, 1.807) is 30.3 Å². The number of rotatable bonds is 4. The van der Waals surface area contributed by atoms with Crippen molar-refractivity contribution in [3.05, 3.63) is 57.1 Å². The average molecular weight is 349 g/mol. The van der Waals surface area contributed by atoms with E-state index in [1.807, 2.05) is 0 Å². The second-order valence-corrected chi connectivity index (χ2v) is 5.49. The molecule has 2 aromatic carbocycles. The number of nitro groups is 1. The number of carbonyl (C=O) groups is 1. The van der Waals surface area contributed by atoms with Crippen molar-refractivity contribution in [2.45, 2.75) is 6.42 Å². The number of ether oxygens (including phenoxy) is 2. The van der Waals surface area contributed by atoms with Crippen LogP contribution in [0.5, 0.6) is 11.5 Å². The number of nitrogens with zero attached hydrogens (tertiary/aromatic N) is 1. The molecule has 1 N–H and O–H groups in total. The maximum atomic E-state index is 12.2. The summed E-state index contributed by atoms with van der Waals surface area (Å²) in [5.41, 5.74) is 0.596. The average Bonchev–Trinajstić information content (AvgIpc) is 2.55. The highest BCUT2D eigenvalue weighted by Crippen LogP contribution is 2.38. The smallest absolute Gasteiger partial charge is 0.273 e. The molecule has 0 fully saturated rings. The fourth-order valence-corrected chi connectivity index (χ4v) is 2.57. The largest absolute Gasteiger partial charge is 0.486 e. The van der Waals surface area contributed by atoms with Crippen LogP contribution in [0.4, 0.5) is 11.4 Å². The molecular weight excluding hydrogens is 336 g/mol. The fraction of sp³-hybridized carbons (Fsp3) is 0.188. The first-order valence-corrected chi connectivity index (χ1v) is 7.53. The maximum absolute atomic E-state index is 12.2. The Morgan fingerprint density at radius 1 is 1.21 bits per heavy atom. The number of nitrogens with one attached hydrogen (secondary N) is 1.